The van der Waals surface area contributed by atoms with Crippen LogP contribution in [0, 0.1) is 0 Å². The number of nitrogens with zero attached hydrogens (tertiary/aromatic N) is 4. The number of halogens is 2. The predicted octanol–water partition coefficient (Wildman–Crippen LogP) is 4.67. The van der Waals surface area contributed by atoms with Crippen LogP contribution in [0.2, 0.25) is 10.0 Å². The number of carbonyl (C=O) groups is 2. The molecular weight excluding hydrogens is 693 g/mol. The van der Waals surface area contributed by atoms with Crippen molar-refractivity contribution >= 4 is 46.6 Å². The Bertz CT molecular complexity index is 2270. The van der Waals surface area contributed by atoms with Gasteiger partial charge in [-0.15, -0.1) is 0 Å². The van der Waals surface area contributed by atoms with E-state index in [0.717, 1.165) is 34.2 Å². The van der Waals surface area contributed by atoms with Crippen molar-refractivity contribution in [2.45, 2.75) is 31.5 Å². The summed E-state index contributed by atoms with van der Waals surface area (Å²) in [5, 5.41) is 10.2. The first-order valence-corrected chi connectivity index (χ1v) is 17.0. The SMILES string of the molecule is COC(=O)C1CN=C(c2cnc3cc(-c4cccc(-c5cccc(-c6ccc(CNC[C@@H]7CCC(=O)N7)c(OC)n6)c5Cl)c4Cl)ccn3c2=O)N1. The lowest BCUT2D eigenvalue weighted by Crippen LogP contribution is -2.40. The number of ether oxygens (including phenoxy) is 2. The summed E-state index contributed by atoms with van der Waals surface area (Å²) >= 11 is 14.2. The molecule has 0 saturated carbocycles. The minimum Gasteiger partial charge on any atom is -0.481 e. The Balaban J connectivity index is 1.14. The molecule has 5 aromatic rings. The maximum atomic E-state index is 13.4. The third kappa shape index (κ3) is 6.77. The Morgan fingerprint density at radius 3 is 2.43 bits per heavy atom. The molecule has 1 fully saturated rings. The molecule has 0 aliphatic carbocycles. The number of aliphatic imine (C=N–C) groups is 1. The van der Waals surface area contributed by atoms with Crippen molar-refractivity contribution in [1.82, 2.24) is 30.3 Å². The number of amides is 1. The van der Waals surface area contributed by atoms with Crippen LogP contribution in [0.1, 0.15) is 24.0 Å². The topological polar surface area (TPSA) is 148 Å². The molecule has 0 spiro atoms. The van der Waals surface area contributed by atoms with E-state index in [9.17, 15) is 14.4 Å². The second-order valence-corrected chi connectivity index (χ2v) is 12.9. The van der Waals surface area contributed by atoms with Crippen LogP contribution in [-0.2, 0) is 20.9 Å². The lowest BCUT2D eigenvalue weighted by atomic mass is 9.97. The number of pyridine rings is 2. The quantitative estimate of drug-likeness (QED) is 0.175. The summed E-state index contributed by atoms with van der Waals surface area (Å²) in [6.45, 7) is 1.36. The summed E-state index contributed by atoms with van der Waals surface area (Å²) in [5.41, 5.74) is 5.49. The highest BCUT2D eigenvalue weighted by Crippen LogP contribution is 2.42. The van der Waals surface area contributed by atoms with Gasteiger partial charge in [-0.3, -0.25) is 19.0 Å². The van der Waals surface area contributed by atoms with Gasteiger partial charge in [0.15, 0.2) is 0 Å². The highest BCUT2D eigenvalue weighted by atomic mass is 35.5. The Hall–Kier alpha value is -5.30. The van der Waals surface area contributed by atoms with Crippen molar-refractivity contribution < 1.29 is 19.1 Å². The molecule has 3 N–H and O–H groups in total. The Kier molecular flexibility index (Phi) is 9.72. The summed E-state index contributed by atoms with van der Waals surface area (Å²) in [7, 11) is 2.88. The van der Waals surface area contributed by atoms with Gasteiger partial charge in [-0.05, 0) is 30.2 Å². The highest BCUT2D eigenvalue weighted by Gasteiger charge is 2.28. The van der Waals surface area contributed by atoms with Crippen molar-refractivity contribution in [2.75, 3.05) is 27.3 Å². The fraction of sp³-hybridized carbons (Fsp3) is 0.243. The third-order valence-corrected chi connectivity index (χ3v) is 9.81. The number of nitrogens with one attached hydrogen (secondary N) is 3. The molecule has 2 atom stereocenters. The van der Waals surface area contributed by atoms with Gasteiger partial charge in [0.2, 0.25) is 11.8 Å². The number of fused-ring (bicyclic) bond motifs is 1. The van der Waals surface area contributed by atoms with E-state index >= 15 is 0 Å². The van der Waals surface area contributed by atoms with Crippen LogP contribution in [0.15, 0.2) is 82.8 Å². The standard InChI is InChI=1S/C37H33Cl2N7O5/c1-50-35-21(16-40-17-22-10-12-31(47)43-22)9-11-28(45-35)26-8-4-7-25(33(26)39)24-6-3-5-23(32(24)38)20-13-14-46-30(15-20)41-18-27(36(46)48)34-42-19-29(44-34)37(49)51-2/h3-9,11,13-15,18,22,29,40H,10,12,16-17,19H2,1-2H3,(H,42,44)(H,43,47)/t22-,29?/m0/s1. The van der Waals surface area contributed by atoms with Gasteiger partial charge in [-0.2, -0.15) is 0 Å². The first-order valence-electron chi connectivity index (χ1n) is 16.3. The van der Waals surface area contributed by atoms with Crippen molar-refractivity contribution in [2.24, 2.45) is 4.99 Å². The minimum absolute atomic E-state index is 0.0861. The maximum Gasteiger partial charge on any atom is 0.330 e. The van der Waals surface area contributed by atoms with Crippen LogP contribution in [0.3, 0.4) is 0 Å². The number of methoxy groups -OCH3 is 2. The molecule has 51 heavy (non-hydrogen) atoms. The summed E-state index contributed by atoms with van der Waals surface area (Å²) in [6, 6.07) is 18.3. The second-order valence-electron chi connectivity index (χ2n) is 12.2. The van der Waals surface area contributed by atoms with E-state index in [0.29, 0.717) is 58.2 Å². The molecule has 1 unspecified atom stereocenters. The number of esters is 1. The van der Waals surface area contributed by atoms with Gasteiger partial charge in [0.05, 0.1) is 36.5 Å². The minimum atomic E-state index is -0.650. The van der Waals surface area contributed by atoms with Crippen LogP contribution in [0.4, 0.5) is 0 Å². The molecule has 2 aliphatic heterocycles. The second kappa shape index (κ2) is 14.5. The molecular formula is C37H33Cl2N7O5. The molecule has 0 radical (unpaired) electrons. The molecule has 7 rings (SSSR count). The number of aromatic nitrogens is 3. The number of benzene rings is 2. The van der Waals surface area contributed by atoms with Gasteiger partial charge in [-0.25, -0.2) is 14.8 Å². The van der Waals surface area contributed by atoms with Crippen molar-refractivity contribution in [1.29, 1.82) is 0 Å². The monoisotopic (exact) mass is 725 g/mol. The van der Waals surface area contributed by atoms with Crippen LogP contribution in [0.25, 0.3) is 39.2 Å². The molecule has 0 bridgehead atoms. The molecule has 260 valence electrons. The molecule has 3 aromatic heterocycles. The average Bonchev–Trinajstić information content (AvgIpc) is 3.81. The molecule has 5 heterocycles. The number of amidine groups is 1. The number of hydrogen-bond acceptors (Lipinski definition) is 10. The van der Waals surface area contributed by atoms with Gasteiger partial charge in [0, 0.05) is 65.8 Å². The number of rotatable bonds is 10. The van der Waals surface area contributed by atoms with E-state index in [1.165, 1.54) is 17.7 Å². The zero-order chi connectivity index (χ0) is 35.6. The van der Waals surface area contributed by atoms with Crippen LogP contribution >= 0.6 is 23.2 Å². The summed E-state index contributed by atoms with van der Waals surface area (Å²) in [5.74, 6) is 0.404. The fourth-order valence-electron chi connectivity index (χ4n) is 6.33. The molecule has 2 aromatic carbocycles. The van der Waals surface area contributed by atoms with E-state index in [1.807, 2.05) is 48.5 Å². The van der Waals surface area contributed by atoms with E-state index < -0.39 is 12.0 Å². The van der Waals surface area contributed by atoms with Gasteiger partial charge in [0.25, 0.3) is 5.56 Å². The zero-order valence-electron chi connectivity index (χ0n) is 27.7. The summed E-state index contributed by atoms with van der Waals surface area (Å²) in [6.07, 6.45) is 4.46. The largest absolute Gasteiger partial charge is 0.481 e. The molecule has 1 amide bonds. The first-order chi connectivity index (χ1) is 24.7. The highest BCUT2D eigenvalue weighted by molar-refractivity contribution is 6.39. The molecule has 14 heteroatoms. The van der Waals surface area contributed by atoms with Crippen molar-refractivity contribution in [3.05, 3.63) is 105 Å². The predicted molar refractivity (Wildman–Crippen MR) is 195 cm³/mol. The van der Waals surface area contributed by atoms with Crippen LogP contribution < -0.4 is 26.2 Å². The summed E-state index contributed by atoms with van der Waals surface area (Å²) < 4.78 is 11.8. The summed E-state index contributed by atoms with van der Waals surface area (Å²) in [4.78, 5) is 50.4. The normalized spacial score (nSPS) is 16.9. The Morgan fingerprint density at radius 2 is 1.71 bits per heavy atom. The molecule has 1 saturated heterocycles. The van der Waals surface area contributed by atoms with E-state index in [2.05, 4.69) is 25.9 Å². The lowest BCUT2D eigenvalue weighted by molar-refractivity contribution is -0.142. The number of hydrogen-bond donors (Lipinski definition) is 3. The molecule has 2 aliphatic rings. The van der Waals surface area contributed by atoms with E-state index in [4.69, 9.17) is 37.7 Å². The van der Waals surface area contributed by atoms with Gasteiger partial charge in [-0.1, -0.05) is 65.7 Å². The average molecular weight is 727 g/mol. The molecule has 12 nitrogen and oxygen atoms in total. The van der Waals surface area contributed by atoms with Crippen LogP contribution in [0.5, 0.6) is 5.88 Å². The van der Waals surface area contributed by atoms with Crippen LogP contribution in [-0.4, -0.2) is 71.5 Å². The fourth-order valence-corrected chi connectivity index (χ4v) is 6.99. The Morgan fingerprint density at radius 1 is 0.961 bits per heavy atom. The van der Waals surface area contributed by atoms with Gasteiger partial charge >= 0.3 is 5.97 Å². The van der Waals surface area contributed by atoms with Crippen molar-refractivity contribution in [3.8, 4) is 39.4 Å². The maximum absolute atomic E-state index is 13.4. The van der Waals surface area contributed by atoms with Gasteiger partial charge in [0.1, 0.15) is 23.1 Å². The van der Waals surface area contributed by atoms with Crippen molar-refractivity contribution in [3.63, 3.8) is 0 Å². The zero-order valence-corrected chi connectivity index (χ0v) is 29.2. The van der Waals surface area contributed by atoms with E-state index in [1.54, 1.807) is 25.4 Å². The third-order valence-electron chi connectivity index (χ3n) is 8.99. The first kappa shape index (κ1) is 34.2. The smallest absolute Gasteiger partial charge is 0.330 e. The number of carbonyl (C=O) groups excluding carboxylic acids is 2. The Labute approximate surface area is 302 Å². The van der Waals surface area contributed by atoms with Gasteiger partial charge < -0.3 is 25.4 Å². The lowest BCUT2D eigenvalue weighted by Gasteiger charge is -2.16. The van der Waals surface area contributed by atoms with E-state index in [-0.39, 0.29) is 29.6 Å².